The summed E-state index contributed by atoms with van der Waals surface area (Å²) in [5.41, 5.74) is 1.71. The lowest BCUT2D eigenvalue weighted by molar-refractivity contribution is -0.116. The summed E-state index contributed by atoms with van der Waals surface area (Å²) in [6.07, 6.45) is 2.52. The predicted molar refractivity (Wildman–Crippen MR) is 82.3 cm³/mol. The van der Waals surface area contributed by atoms with Gasteiger partial charge in [-0.2, -0.15) is 0 Å². The second kappa shape index (κ2) is 5.98. The second-order valence-corrected chi connectivity index (χ2v) is 7.47. The number of ether oxygens (including phenoxy) is 1. The van der Waals surface area contributed by atoms with Crippen LogP contribution in [0.15, 0.2) is 23.1 Å². The molecule has 0 aliphatic carbocycles. The van der Waals surface area contributed by atoms with Crippen molar-refractivity contribution in [3.05, 3.63) is 23.8 Å². The fourth-order valence-electron chi connectivity index (χ4n) is 2.96. The Morgan fingerprint density at radius 1 is 1.45 bits per heavy atom. The van der Waals surface area contributed by atoms with Gasteiger partial charge in [0.2, 0.25) is 15.9 Å². The molecule has 22 heavy (non-hydrogen) atoms. The Morgan fingerprint density at radius 3 is 2.95 bits per heavy atom. The maximum absolute atomic E-state index is 12.4. The van der Waals surface area contributed by atoms with Crippen molar-refractivity contribution >= 4 is 21.6 Å². The van der Waals surface area contributed by atoms with E-state index in [-0.39, 0.29) is 16.9 Å². The van der Waals surface area contributed by atoms with E-state index >= 15 is 0 Å². The van der Waals surface area contributed by atoms with Gasteiger partial charge in [-0.15, -0.1) is 0 Å². The third kappa shape index (κ3) is 3.02. The fraction of sp³-hybridized carbons (Fsp3) is 0.533. The molecule has 0 bridgehead atoms. The predicted octanol–water partition coefficient (Wildman–Crippen LogP) is 1.05. The minimum atomic E-state index is -3.54. The number of rotatable bonds is 4. The molecule has 1 saturated heterocycles. The first-order valence-corrected chi connectivity index (χ1v) is 8.98. The zero-order valence-corrected chi connectivity index (χ0v) is 13.4. The van der Waals surface area contributed by atoms with Crippen LogP contribution in [0.4, 0.5) is 5.69 Å². The Labute approximate surface area is 130 Å². The number of nitrogens with one attached hydrogen (secondary N) is 1. The van der Waals surface area contributed by atoms with Crippen molar-refractivity contribution in [1.29, 1.82) is 0 Å². The summed E-state index contributed by atoms with van der Waals surface area (Å²) >= 11 is 0. The lowest BCUT2D eigenvalue weighted by Gasteiger charge is -2.15. The van der Waals surface area contributed by atoms with Crippen molar-refractivity contribution in [2.45, 2.75) is 37.2 Å². The SMILES string of the molecule is CC(=O)N1CCc2cc(S(=O)(=O)NC[C@H]3CCCO3)ccc21. The van der Waals surface area contributed by atoms with Gasteiger partial charge in [-0.3, -0.25) is 4.79 Å². The Kier molecular flexibility index (Phi) is 4.20. The number of carbonyl (C=O) groups is 1. The van der Waals surface area contributed by atoms with Crippen LogP contribution >= 0.6 is 0 Å². The molecule has 0 aromatic heterocycles. The highest BCUT2D eigenvalue weighted by atomic mass is 32.2. The van der Waals surface area contributed by atoms with Crippen LogP contribution in [0.5, 0.6) is 0 Å². The third-order valence-electron chi connectivity index (χ3n) is 4.16. The van der Waals surface area contributed by atoms with Crippen LogP contribution in [0.2, 0.25) is 0 Å². The van der Waals surface area contributed by atoms with Crippen LogP contribution in [0.1, 0.15) is 25.3 Å². The number of anilines is 1. The van der Waals surface area contributed by atoms with Crippen LogP contribution in [0.25, 0.3) is 0 Å². The molecule has 1 aromatic carbocycles. The maximum Gasteiger partial charge on any atom is 0.240 e. The molecular formula is C15H20N2O4S. The molecule has 0 saturated carbocycles. The number of hydrogen-bond acceptors (Lipinski definition) is 4. The maximum atomic E-state index is 12.4. The molecule has 0 spiro atoms. The first-order chi connectivity index (χ1) is 10.5. The summed E-state index contributed by atoms with van der Waals surface area (Å²) in [5, 5.41) is 0. The average molecular weight is 324 g/mol. The minimum absolute atomic E-state index is 0.0223. The molecule has 1 aromatic rings. The topological polar surface area (TPSA) is 75.7 Å². The van der Waals surface area contributed by atoms with Gasteiger partial charge in [0.25, 0.3) is 0 Å². The van der Waals surface area contributed by atoms with Crippen LogP contribution in [-0.4, -0.2) is 40.1 Å². The van der Waals surface area contributed by atoms with Crippen molar-refractivity contribution in [2.24, 2.45) is 0 Å². The summed E-state index contributed by atoms with van der Waals surface area (Å²) in [4.78, 5) is 13.4. The van der Waals surface area contributed by atoms with Crippen molar-refractivity contribution in [1.82, 2.24) is 4.72 Å². The van der Waals surface area contributed by atoms with Crippen LogP contribution in [0, 0.1) is 0 Å². The summed E-state index contributed by atoms with van der Waals surface area (Å²) < 4.78 is 32.8. The summed E-state index contributed by atoms with van der Waals surface area (Å²) in [6, 6.07) is 4.93. The third-order valence-corrected chi connectivity index (χ3v) is 5.58. The lowest BCUT2D eigenvalue weighted by Crippen LogP contribution is -2.31. The standard InChI is InChI=1S/C15H20N2O4S/c1-11(18)17-7-6-12-9-14(4-5-15(12)17)22(19,20)16-10-13-3-2-8-21-13/h4-5,9,13,16H,2-3,6-8,10H2,1H3/t13-/m1/s1. The number of fused-ring (bicyclic) bond motifs is 1. The minimum Gasteiger partial charge on any atom is -0.377 e. The van der Waals surface area contributed by atoms with E-state index < -0.39 is 10.0 Å². The Hall–Kier alpha value is -1.44. The number of amides is 1. The first kappa shape index (κ1) is 15.5. The summed E-state index contributed by atoms with van der Waals surface area (Å²) in [6.45, 7) is 3.13. The molecule has 7 heteroatoms. The van der Waals surface area contributed by atoms with Crippen LogP contribution in [0.3, 0.4) is 0 Å². The largest absolute Gasteiger partial charge is 0.377 e. The van der Waals surface area contributed by atoms with E-state index in [9.17, 15) is 13.2 Å². The molecule has 1 N–H and O–H groups in total. The van der Waals surface area contributed by atoms with Gasteiger partial charge in [-0.05, 0) is 43.0 Å². The van der Waals surface area contributed by atoms with E-state index in [1.807, 2.05) is 0 Å². The Bertz CT molecular complexity index is 681. The van der Waals surface area contributed by atoms with E-state index in [0.29, 0.717) is 26.1 Å². The van der Waals surface area contributed by atoms with Crippen LogP contribution in [-0.2, 0) is 26.0 Å². The quantitative estimate of drug-likeness (QED) is 0.898. The Morgan fingerprint density at radius 2 is 2.27 bits per heavy atom. The van der Waals surface area contributed by atoms with Crippen molar-refractivity contribution < 1.29 is 17.9 Å². The molecule has 3 rings (SSSR count). The van der Waals surface area contributed by atoms with Crippen molar-refractivity contribution in [3.8, 4) is 0 Å². The molecule has 0 unspecified atom stereocenters. The average Bonchev–Trinajstić information content (AvgIpc) is 3.13. The Balaban J connectivity index is 1.75. The van der Waals surface area contributed by atoms with Gasteiger partial charge in [-0.25, -0.2) is 13.1 Å². The van der Waals surface area contributed by atoms with Gasteiger partial charge >= 0.3 is 0 Å². The van der Waals surface area contributed by atoms with Gasteiger partial charge < -0.3 is 9.64 Å². The number of nitrogens with zero attached hydrogens (tertiary/aromatic N) is 1. The molecule has 1 atom stereocenters. The van der Waals surface area contributed by atoms with Crippen LogP contribution < -0.4 is 9.62 Å². The highest BCUT2D eigenvalue weighted by Gasteiger charge is 2.25. The molecule has 1 fully saturated rings. The first-order valence-electron chi connectivity index (χ1n) is 7.50. The zero-order chi connectivity index (χ0) is 15.7. The highest BCUT2D eigenvalue weighted by Crippen LogP contribution is 2.30. The molecule has 2 aliphatic rings. The normalized spacial score (nSPS) is 21.1. The van der Waals surface area contributed by atoms with Gasteiger partial charge in [-0.1, -0.05) is 0 Å². The smallest absolute Gasteiger partial charge is 0.240 e. The molecule has 2 aliphatic heterocycles. The molecule has 2 heterocycles. The van der Waals surface area contributed by atoms with Crippen molar-refractivity contribution in [3.63, 3.8) is 0 Å². The van der Waals surface area contributed by atoms with E-state index in [1.165, 1.54) is 6.92 Å². The van der Waals surface area contributed by atoms with E-state index in [1.54, 1.807) is 23.1 Å². The van der Waals surface area contributed by atoms with Crippen molar-refractivity contribution in [2.75, 3.05) is 24.6 Å². The van der Waals surface area contributed by atoms with E-state index in [0.717, 1.165) is 24.1 Å². The number of sulfonamides is 1. The number of hydrogen-bond donors (Lipinski definition) is 1. The van der Waals surface area contributed by atoms with E-state index in [2.05, 4.69) is 4.72 Å². The number of benzene rings is 1. The van der Waals surface area contributed by atoms with Gasteiger partial charge in [0.05, 0.1) is 11.0 Å². The molecule has 0 radical (unpaired) electrons. The van der Waals surface area contributed by atoms with Gasteiger partial charge in [0.15, 0.2) is 0 Å². The van der Waals surface area contributed by atoms with Gasteiger partial charge in [0, 0.05) is 32.3 Å². The molecule has 6 nitrogen and oxygen atoms in total. The molecule has 1 amide bonds. The molecular weight excluding hydrogens is 304 g/mol. The summed E-state index contributed by atoms with van der Waals surface area (Å²) in [5.74, 6) is -0.0223. The highest BCUT2D eigenvalue weighted by molar-refractivity contribution is 7.89. The second-order valence-electron chi connectivity index (χ2n) is 5.70. The lowest BCUT2D eigenvalue weighted by atomic mass is 10.2. The summed E-state index contributed by atoms with van der Waals surface area (Å²) in [7, 11) is -3.54. The number of carbonyl (C=O) groups excluding carboxylic acids is 1. The zero-order valence-electron chi connectivity index (χ0n) is 12.5. The fourth-order valence-corrected chi connectivity index (χ4v) is 4.08. The van der Waals surface area contributed by atoms with E-state index in [4.69, 9.17) is 4.74 Å². The molecule has 120 valence electrons. The monoisotopic (exact) mass is 324 g/mol. The van der Waals surface area contributed by atoms with Gasteiger partial charge in [0.1, 0.15) is 0 Å².